The van der Waals surface area contributed by atoms with Crippen molar-refractivity contribution in [3.8, 4) is 0 Å². The number of rotatable bonds is 3. The number of carbonyl (C=O) groups excluding carboxylic acids is 1. The molecule has 1 aromatic heterocycles. The summed E-state index contributed by atoms with van der Waals surface area (Å²) in [5.41, 5.74) is 1.64. The summed E-state index contributed by atoms with van der Waals surface area (Å²) in [5.74, 6) is -0.0633. The molecule has 0 saturated carbocycles. The van der Waals surface area contributed by atoms with Crippen LogP contribution in [0.4, 0.5) is 5.69 Å². The topological polar surface area (TPSA) is 46.1 Å². The van der Waals surface area contributed by atoms with Crippen molar-refractivity contribution in [2.45, 2.75) is 6.92 Å². The van der Waals surface area contributed by atoms with Gasteiger partial charge in [0.05, 0.1) is 5.69 Å². The zero-order valence-corrected chi connectivity index (χ0v) is 8.22. The Balaban J connectivity index is 2.89. The number of aryl methyl sites for hydroxylation is 1. The molecule has 13 heavy (non-hydrogen) atoms. The lowest BCUT2D eigenvalue weighted by molar-refractivity contribution is 0.0955. The second-order valence-electron chi connectivity index (χ2n) is 2.83. The molecular weight excluding hydrogens is 166 g/mol. The summed E-state index contributed by atoms with van der Waals surface area (Å²) < 4.78 is 1.80. The van der Waals surface area contributed by atoms with Crippen LogP contribution in [-0.2, 0) is 7.05 Å². The average molecular weight is 181 g/mol. The standard InChI is InChI=1S/C9H15N3O/c1-4-11-7-5-8(9(13)10-2)12(3)6-7/h5-6,11H,4H2,1-3H3,(H,10,13). The van der Waals surface area contributed by atoms with Crippen LogP contribution in [0.1, 0.15) is 17.4 Å². The van der Waals surface area contributed by atoms with E-state index in [2.05, 4.69) is 10.6 Å². The Morgan fingerprint density at radius 2 is 2.31 bits per heavy atom. The fraction of sp³-hybridized carbons (Fsp3) is 0.444. The first-order valence-corrected chi connectivity index (χ1v) is 4.31. The highest BCUT2D eigenvalue weighted by Gasteiger charge is 2.08. The third kappa shape index (κ3) is 2.02. The van der Waals surface area contributed by atoms with Crippen molar-refractivity contribution < 1.29 is 4.79 Å². The molecule has 0 radical (unpaired) electrons. The Kier molecular flexibility index (Phi) is 2.95. The Labute approximate surface area is 77.9 Å². The largest absolute Gasteiger partial charge is 0.384 e. The molecule has 0 atom stereocenters. The second-order valence-corrected chi connectivity index (χ2v) is 2.83. The summed E-state index contributed by atoms with van der Waals surface area (Å²) in [6.45, 7) is 2.88. The van der Waals surface area contributed by atoms with E-state index >= 15 is 0 Å². The fourth-order valence-corrected chi connectivity index (χ4v) is 1.22. The molecule has 72 valence electrons. The normalized spacial score (nSPS) is 9.77. The van der Waals surface area contributed by atoms with Crippen LogP contribution in [0, 0.1) is 0 Å². The van der Waals surface area contributed by atoms with E-state index in [1.54, 1.807) is 11.6 Å². The minimum absolute atomic E-state index is 0.0633. The van der Waals surface area contributed by atoms with E-state index in [4.69, 9.17) is 0 Å². The SMILES string of the molecule is CCNc1cc(C(=O)NC)n(C)c1. The lowest BCUT2D eigenvalue weighted by Crippen LogP contribution is -2.20. The number of carbonyl (C=O) groups is 1. The van der Waals surface area contributed by atoms with Gasteiger partial charge in [0.1, 0.15) is 5.69 Å². The predicted octanol–water partition coefficient (Wildman–Crippen LogP) is 0.816. The molecule has 0 bridgehead atoms. The van der Waals surface area contributed by atoms with Crippen LogP contribution in [0.15, 0.2) is 12.3 Å². The van der Waals surface area contributed by atoms with Gasteiger partial charge in [-0.15, -0.1) is 0 Å². The number of anilines is 1. The smallest absolute Gasteiger partial charge is 0.267 e. The first kappa shape index (κ1) is 9.64. The molecule has 2 N–H and O–H groups in total. The van der Waals surface area contributed by atoms with Crippen molar-refractivity contribution in [1.29, 1.82) is 0 Å². The summed E-state index contributed by atoms with van der Waals surface area (Å²) >= 11 is 0. The highest BCUT2D eigenvalue weighted by atomic mass is 16.1. The predicted molar refractivity (Wildman–Crippen MR) is 53.0 cm³/mol. The van der Waals surface area contributed by atoms with Crippen molar-refractivity contribution in [3.63, 3.8) is 0 Å². The zero-order chi connectivity index (χ0) is 9.84. The molecule has 0 fully saturated rings. The number of nitrogens with zero attached hydrogens (tertiary/aromatic N) is 1. The van der Waals surface area contributed by atoms with Crippen molar-refractivity contribution in [1.82, 2.24) is 9.88 Å². The highest BCUT2D eigenvalue weighted by molar-refractivity contribution is 5.93. The third-order valence-corrected chi connectivity index (χ3v) is 1.85. The number of hydrogen-bond donors (Lipinski definition) is 2. The molecule has 4 heteroatoms. The van der Waals surface area contributed by atoms with Gasteiger partial charge < -0.3 is 15.2 Å². The lowest BCUT2D eigenvalue weighted by atomic mass is 10.4. The molecule has 1 rings (SSSR count). The van der Waals surface area contributed by atoms with E-state index in [9.17, 15) is 4.79 Å². The molecule has 1 amide bonds. The third-order valence-electron chi connectivity index (χ3n) is 1.85. The molecule has 4 nitrogen and oxygen atoms in total. The van der Waals surface area contributed by atoms with E-state index in [-0.39, 0.29) is 5.91 Å². The van der Waals surface area contributed by atoms with Crippen LogP contribution >= 0.6 is 0 Å². The van der Waals surface area contributed by atoms with Gasteiger partial charge in [0.25, 0.3) is 5.91 Å². The van der Waals surface area contributed by atoms with Crippen molar-refractivity contribution >= 4 is 11.6 Å². The highest BCUT2D eigenvalue weighted by Crippen LogP contribution is 2.11. The van der Waals surface area contributed by atoms with Crippen LogP contribution in [0.5, 0.6) is 0 Å². The van der Waals surface area contributed by atoms with Gasteiger partial charge >= 0.3 is 0 Å². The van der Waals surface area contributed by atoms with Crippen molar-refractivity contribution in [3.05, 3.63) is 18.0 Å². The summed E-state index contributed by atoms with van der Waals surface area (Å²) in [5, 5.41) is 5.74. The van der Waals surface area contributed by atoms with Gasteiger partial charge in [-0.05, 0) is 13.0 Å². The van der Waals surface area contributed by atoms with Crippen molar-refractivity contribution in [2.75, 3.05) is 18.9 Å². The molecule has 1 heterocycles. The number of nitrogens with one attached hydrogen (secondary N) is 2. The van der Waals surface area contributed by atoms with E-state index in [0.29, 0.717) is 5.69 Å². The molecule has 0 aliphatic carbocycles. The number of amides is 1. The van der Waals surface area contributed by atoms with Gasteiger partial charge in [0.2, 0.25) is 0 Å². The zero-order valence-electron chi connectivity index (χ0n) is 8.22. The lowest BCUT2D eigenvalue weighted by Gasteiger charge is -1.98. The second kappa shape index (κ2) is 3.98. The maximum Gasteiger partial charge on any atom is 0.267 e. The Hall–Kier alpha value is -1.45. The maximum atomic E-state index is 11.3. The molecule has 1 aromatic rings. The van der Waals surface area contributed by atoms with E-state index in [0.717, 1.165) is 12.2 Å². The Bertz CT molecular complexity index is 304. The molecule has 0 aromatic carbocycles. The molecule has 0 saturated heterocycles. The first-order valence-electron chi connectivity index (χ1n) is 4.31. The minimum atomic E-state index is -0.0633. The van der Waals surface area contributed by atoms with Gasteiger partial charge in [-0.25, -0.2) is 0 Å². The Morgan fingerprint density at radius 3 is 2.85 bits per heavy atom. The minimum Gasteiger partial charge on any atom is -0.384 e. The molecule has 0 aliphatic rings. The fourth-order valence-electron chi connectivity index (χ4n) is 1.22. The number of hydrogen-bond acceptors (Lipinski definition) is 2. The number of aromatic nitrogens is 1. The van der Waals surface area contributed by atoms with Gasteiger partial charge in [-0.1, -0.05) is 0 Å². The van der Waals surface area contributed by atoms with Gasteiger partial charge in [-0.3, -0.25) is 4.79 Å². The van der Waals surface area contributed by atoms with Crippen LogP contribution in [0.25, 0.3) is 0 Å². The molecular formula is C9H15N3O. The van der Waals surface area contributed by atoms with Crippen LogP contribution in [0.2, 0.25) is 0 Å². The average Bonchev–Trinajstić information content (AvgIpc) is 2.46. The summed E-state index contributed by atoms with van der Waals surface area (Å²) in [6, 6.07) is 1.84. The maximum absolute atomic E-state index is 11.3. The van der Waals surface area contributed by atoms with E-state index in [1.807, 2.05) is 26.2 Å². The quantitative estimate of drug-likeness (QED) is 0.725. The molecule has 0 aliphatic heterocycles. The van der Waals surface area contributed by atoms with Crippen molar-refractivity contribution in [2.24, 2.45) is 7.05 Å². The van der Waals surface area contributed by atoms with E-state index < -0.39 is 0 Å². The Morgan fingerprint density at radius 1 is 1.62 bits per heavy atom. The first-order chi connectivity index (χ1) is 6.19. The van der Waals surface area contributed by atoms with Gasteiger partial charge in [0.15, 0.2) is 0 Å². The summed E-state index contributed by atoms with van der Waals surface area (Å²) in [6.07, 6.45) is 1.90. The monoisotopic (exact) mass is 181 g/mol. The van der Waals surface area contributed by atoms with E-state index in [1.165, 1.54) is 0 Å². The molecule has 0 spiro atoms. The van der Waals surface area contributed by atoms with Crippen LogP contribution in [-0.4, -0.2) is 24.1 Å². The molecule has 0 unspecified atom stereocenters. The van der Waals surface area contributed by atoms with Crippen LogP contribution in [0.3, 0.4) is 0 Å². The van der Waals surface area contributed by atoms with Gasteiger partial charge in [0, 0.05) is 26.8 Å². The summed E-state index contributed by atoms with van der Waals surface area (Å²) in [7, 11) is 3.48. The van der Waals surface area contributed by atoms with Gasteiger partial charge in [-0.2, -0.15) is 0 Å². The van der Waals surface area contributed by atoms with Crippen LogP contribution < -0.4 is 10.6 Å². The summed E-state index contributed by atoms with van der Waals surface area (Å²) in [4.78, 5) is 11.3.